The van der Waals surface area contributed by atoms with Crippen LogP contribution in [0.5, 0.6) is 5.75 Å². The van der Waals surface area contributed by atoms with Gasteiger partial charge in [-0.05, 0) is 59.2 Å². The van der Waals surface area contributed by atoms with Gasteiger partial charge in [-0.1, -0.05) is 47.5 Å². The van der Waals surface area contributed by atoms with Crippen LogP contribution in [-0.4, -0.2) is 22.2 Å². The quantitative estimate of drug-likeness (QED) is 0.324. The van der Waals surface area contributed by atoms with Gasteiger partial charge in [0.15, 0.2) is 5.75 Å². The number of aromatic carboxylic acids is 2. The molecule has 2 N–H and O–H groups in total. The standard InChI is InChI=1S/C24H15Cl2NO5/c25-20-10-15(9-19(12-27)16-5-7-18(8-6-16)24(30)31)11-21(26)22(20)32-13-14-1-3-17(4-2-14)23(28)29/h1-11H,13H2,(H,28,29)(H,30,31)/b19-9-. The monoisotopic (exact) mass is 467 g/mol. The van der Waals surface area contributed by atoms with Crippen LogP contribution < -0.4 is 4.74 Å². The van der Waals surface area contributed by atoms with Crippen LogP contribution in [0.4, 0.5) is 0 Å². The molecule has 0 saturated heterocycles. The van der Waals surface area contributed by atoms with E-state index in [0.717, 1.165) is 5.56 Å². The minimum Gasteiger partial charge on any atom is -0.486 e. The summed E-state index contributed by atoms with van der Waals surface area (Å²) in [4.78, 5) is 21.9. The Hall–Kier alpha value is -3.79. The third kappa shape index (κ3) is 5.46. The number of hydrogen-bond acceptors (Lipinski definition) is 4. The minimum absolute atomic E-state index is 0.122. The van der Waals surface area contributed by atoms with Crippen LogP contribution in [-0.2, 0) is 6.61 Å². The fourth-order valence-electron chi connectivity index (χ4n) is 2.84. The number of ether oxygens (including phenoxy) is 1. The van der Waals surface area contributed by atoms with Crippen molar-refractivity contribution in [2.45, 2.75) is 6.61 Å². The fourth-order valence-corrected chi connectivity index (χ4v) is 3.45. The molecule has 0 radical (unpaired) electrons. The summed E-state index contributed by atoms with van der Waals surface area (Å²) in [5, 5.41) is 27.9. The van der Waals surface area contributed by atoms with Gasteiger partial charge in [0.2, 0.25) is 0 Å². The van der Waals surface area contributed by atoms with Crippen molar-refractivity contribution in [3.8, 4) is 11.8 Å². The lowest BCUT2D eigenvalue weighted by molar-refractivity contribution is 0.0686. The van der Waals surface area contributed by atoms with E-state index >= 15 is 0 Å². The van der Waals surface area contributed by atoms with E-state index in [9.17, 15) is 14.9 Å². The first-order chi connectivity index (χ1) is 15.3. The van der Waals surface area contributed by atoms with Crippen molar-refractivity contribution < 1.29 is 24.5 Å². The number of halogens is 2. The number of nitriles is 1. The van der Waals surface area contributed by atoms with Gasteiger partial charge < -0.3 is 14.9 Å². The molecule has 3 rings (SSSR count). The molecule has 0 fully saturated rings. The largest absolute Gasteiger partial charge is 0.486 e. The van der Waals surface area contributed by atoms with Crippen molar-refractivity contribution >= 4 is 46.8 Å². The van der Waals surface area contributed by atoms with E-state index in [1.165, 1.54) is 24.3 Å². The number of carboxylic acid groups (broad SMARTS) is 2. The van der Waals surface area contributed by atoms with E-state index in [2.05, 4.69) is 6.07 Å². The number of nitrogens with zero attached hydrogens (tertiary/aromatic N) is 1. The molecule has 0 atom stereocenters. The molecule has 3 aromatic carbocycles. The van der Waals surface area contributed by atoms with Crippen molar-refractivity contribution in [3.63, 3.8) is 0 Å². The van der Waals surface area contributed by atoms with Gasteiger partial charge in [0.05, 0.1) is 32.8 Å². The van der Waals surface area contributed by atoms with Crippen molar-refractivity contribution in [2.75, 3.05) is 0 Å². The molecule has 0 aromatic heterocycles. The lowest BCUT2D eigenvalue weighted by atomic mass is 10.0. The molecule has 3 aromatic rings. The zero-order valence-electron chi connectivity index (χ0n) is 16.4. The maximum Gasteiger partial charge on any atom is 0.335 e. The van der Waals surface area contributed by atoms with Gasteiger partial charge >= 0.3 is 11.9 Å². The predicted octanol–water partition coefficient (Wildman–Crippen LogP) is 6.03. The minimum atomic E-state index is -1.05. The van der Waals surface area contributed by atoms with E-state index in [4.69, 9.17) is 38.2 Å². The van der Waals surface area contributed by atoms with Gasteiger partial charge in [-0.15, -0.1) is 0 Å². The Bertz CT molecular complexity index is 1220. The van der Waals surface area contributed by atoms with E-state index in [0.29, 0.717) is 16.7 Å². The van der Waals surface area contributed by atoms with Crippen LogP contribution in [0.3, 0.4) is 0 Å². The van der Waals surface area contributed by atoms with Crippen molar-refractivity contribution in [3.05, 3.63) is 98.5 Å². The summed E-state index contributed by atoms with van der Waals surface area (Å²) in [6.07, 6.45) is 1.59. The molecule has 0 heterocycles. The van der Waals surface area contributed by atoms with Crippen molar-refractivity contribution in [2.24, 2.45) is 0 Å². The Morgan fingerprint density at radius 1 is 0.875 bits per heavy atom. The molecule has 0 aliphatic rings. The Balaban J connectivity index is 1.80. The number of carbonyl (C=O) groups is 2. The van der Waals surface area contributed by atoms with Gasteiger partial charge in [-0.3, -0.25) is 0 Å². The second kappa shape index (κ2) is 10.0. The van der Waals surface area contributed by atoms with Crippen LogP contribution >= 0.6 is 23.2 Å². The SMILES string of the molecule is N#C/C(=C/c1cc(Cl)c(OCc2ccc(C(=O)O)cc2)c(Cl)c1)c1ccc(C(=O)O)cc1. The van der Waals surface area contributed by atoms with Crippen LogP contribution in [0.25, 0.3) is 11.6 Å². The highest BCUT2D eigenvalue weighted by atomic mass is 35.5. The first-order valence-corrected chi connectivity index (χ1v) is 9.93. The summed E-state index contributed by atoms with van der Waals surface area (Å²) in [6, 6.07) is 17.4. The topological polar surface area (TPSA) is 108 Å². The molecule has 32 heavy (non-hydrogen) atoms. The number of hydrogen-bond donors (Lipinski definition) is 2. The van der Waals surface area contributed by atoms with E-state index in [1.807, 2.05) is 0 Å². The molecule has 0 amide bonds. The normalized spacial score (nSPS) is 11.0. The average molecular weight is 468 g/mol. The smallest absolute Gasteiger partial charge is 0.335 e. The van der Waals surface area contributed by atoms with Crippen molar-refractivity contribution in [1.29, 1.82) is 5.26 Å². The molecule has 0 saturated carbocycles. The summed E-state index contributed by atoms with van der Waals surface area (Å²) < 4.78 is 5.71. The van der Waals surface area contributed by atoms with Crippen LogP contribution in [0.2, 0.25) is 10.0 Å². The Morgan fingerprint density at radius 2 is 1.34 bits per heavy atom. The zero-order valence-corrected chi connectivity index (χ0v) is 17.9. The summed E-state index contributed by atoms with van der Waals surface area (Å²) >= 11 is 12.7. The third-order valence-corrected chi connectivity index (χ3v) is 5.04. The second-order valence-electron chi connectivity index (χ2n) is 6.66. The second-order valence-corrected chi connectivity index (χ2v) is 7.47. The first-order valence-electron chi connectivity index (χ1n) is 9.18. The number of benzene rings is 3. The summed E-state index contributed by atoms with van der Waals surface area (Å²) in [7, 11) is 0. The van der Waals surface area contributed by atoms with Crippen LogP contribution in [0, 0.1) is 11.3 Å². The molecule has 0 bridgehead atoms. The molecular formula is C24H15Cl2NO5. The lowest BCUT2D eigenvalue weighted by Crippen LogP contribution is -1.99. The van der Waals surface area contributed by atoms with Crippen LogP contribution in [0.15, 0.2) is 60.7 Å². The summed E-state index contributed by atoms with van der Waals surface area (Å²) in [5.74, 6) is -1.80. The molecule has 8 heteroatoms. The molecule has 0 aliphatic carbocycles. The predicted molar refractivity (Wildman–Crippen MR) is 121 cm³/mol. The molecule has 160 valence electrons. The Kier molecular flexibility index (Phi) is 7.16. The maximum atomic E-state index is 11.0. The molecule has 0 unspecified atom stereocenters. The summed E-state index contributed by atoms with van der Waals surface area (Å²) in [6.45, 7) is 0.133. The zero-order chi connectivity index (χ0) is 23.3. The molecule has 0 aliphatic heterocycles. The van der Waals surface area contributed by atoms with Gasteiger partial charge in [-0.25, -0.2) is 9.59 Å². The number of carboxylic acids is 2. The Morgan fingerprint density at radius 3 is 1.81 bits per heavy atom. The van der Waals surface area contributed by atoms with Gasteiger partial charge in [0.1, 0.15) is 6.61 Å². The van der Waals surface area contributed by atoms with Crippen LogP contribution in [0.1, 0.15) is 37.4 Å². The lowest BCUT2D eigenvalue weighted by Gasteiger charge is -2.11. The third-order valence-electron chi connectivity index (χ3n) is 4.48. The number of rotatable bonds is 7. The van der Waals surface area contributed by atoms with Gasteiger partial charge in [-0.2, -0.15) is 5.26 Å². The number of allylic oxidation sites excluding steroid dienone is 1. The highest BCUT2D eigenvalue weighted by molar-refractivity contribution is 6.37. The molecular weight excluding hydrogens is 453 g/mol. The molecule has 0 spiro atoms. The van der Waals surface area contributed by atoms with Gasteiger partial charge in [0, 0.05) is 0 Å². The fraction of sp³-hybridized carbons (Fsp3) is 0.0417. The average Bonchev–Trinajstić information content (AvgIpc) is 2.77. The first kappa shape index (κ1) is 22.9. The maximum absolute atomic E-state index is 11.0. The van der Waals surface area contributed by atoms with Gasteiger partial charge in [0.25, 0.3) is 0 Å². The van der Waals surface area contributed by atoms with E-state index in [-0.39, 0.29) is 33.5 Å². The molecule has 6 nitrogen and oxygen atoms in total. The van der Waals surface area contributed by atoms with E-state index in [1.54, 1.807) is 42.5 Å². The highest BCUT2D eigenvalue weighted by Crippen LogP contribution is 2.36. The van der Waals surface area contributed by atoms with E-state index < -0.39 is 11.9 Å². The van der Waals surface area contributed by atoms with Crippen molar-refractivity contribution in [1.82, 2.24) is 0 Å². The Labute approximate surface area is 193 Å². The summed E-state index contributed by atoms with van der Waals surface area (Å²) in [5.41, 5.74) is 2.46. The highest BCUT2D eigenvalue weighted by Gasteiger charge is 2.12.